The Morgan fingerprint density at radius 3 is 2.42 bits per heavy atom. The summed E-state index contributed by atoms with van der Waals surface area (Å²) in [5.41, 5.74) is 0. The molecule has 2 aliphatic heterocycles. The van der Waals surface area contributed by atoms with E-state index in [2.05, 4.69) is 10.2 Å². The Kier molecular flexibility index (Phi) is 4.80. The van der Waals surface area contributed by atoms with E-state index in [1.54, 1.807) is 6.92 Å². The summed E-state index contributed by atoms with van der Waals surface area (Å²) in [7, 11) is 0. The van der Waals surface area contributed by atoms with Gasteiger partial charge in [-0.2, -0.15) is 0 Å². The molecule has 1 atom stereocenters. The summed E-state index contributed by atoms with van der Waals surface area (Å²) in [4.78, 5) is 27.1. The Morgan fingerprint density at radius 2 is 1.84 bits per heavy atom. The smallest absolute Gasteiger partial charge is 0.219 e. The number of nitrogens with one attached hydrogen (secondary N) is 1. The number of carbonyl (C=O) groups is 2. The van der Waals surface area contributed by atoms with Crippen molar-refractivity contribution in [3.05, 3.63) is 0 Å². The Morgan fingerprint density at radius 1 is 1.16 bits per heavy atom. The molecule has 1 unspecified atom stereocenters. The zero-order valence-electron chi connectivity index (χ0n) is 12.0. The number of carbonyl (C=O) groups excluding carboxylic acids is 2. The number of hydrogen-bond acceptors (Lipinski definition) is 3. The first-order valence-corrected chi connectivity index (χ1v) is 7.39. The highest BCUT2D eigenvalue weighted by molar-refractivity contribution is 5.75. The first-order valence-electron chi connectivity index (χ1n) is 7.39. The fraction of sp³-hybridized carbons (Fsp3) is 0.857. The second-order valence-corrected chi connectivity index (χ2v) is 5.64. The molecule has 1 N–H and O–H groups in total. The summed E-state index contributed by atoms with van der Waals surface area (Å²) in [6.07, 6.45) is 3.74. The summed E-state index contributed by atoms with van der Waals surface area (Å²) in [6.45, 7) is 7.33. The van der Waals surface area contributed by atoms with Gasteiger partial charge in [0.25, 0.3) is 0 Å². The van der Waals surface area contributed by atoms with E-state index in [0.717, 1.165) is 45.4 Å². The van der Waals surface area contributed by atoms with Crippen molar-refractivity contribution in [2.24, 2.45) is 0 Å². The van der Waals surface area contributed by atoms with E-state index < -0.39 is 0 Å². The van der Waals surface area contributed by atoms with Crippen LogP contribution < -0.4 is 5.32 Å². The fourth-order valence-electron chi connectivity index (χ4n) is 3.11. The number of nitrogens with zero attached hydrogens (tertiary/aromatic N) is 2. The molecule has 5 nitrogen and oxygen atoms in total. The molecule has 108 valence electrons. The van der Waals surface area contributed by atoms with Crippen LogP contribution in [-0.4, -0.2) is 59.9 Å². The summed E-state index contributed by atoms with van der Waals surface area (Å²) in [5.74, 6) is 0.339. The summed E-state index contributed by atoms with van der Waals surface area (Å²) < 4.78 is 0. The van der Waals surface area contributed by atoms with E-state index in [9.17, 15) is 9.59 Å². The first-order chi connectivity index (χ1) is 9.10. The van der Waals surface area contributed by atoms with Gasteiger partial charge in [0.2, 0.25) is 11.8 Å². The molecule has 0 aromatic heterocycles. The van der Waals surface area contributed by atoms with Crippen LogP contribution in [0.2, 0.25) is 0 Å². The van der Waals surface area contributed by atoms with Crippen molar-refractivity contribution in [2.75, 3.05) is 26.2 Å². The predicted octanol–water partition coefficient (Wildman–Crippen LogP) is 0.598. The van der Waals surface area contributed by atoms with Gasteiger partial charge in [0.1, 0.15) is 0 Å². The van der Waals surface area contributed by atoms with Gasteiger partial charge < -0.3 is 10.2 Å². The van der Waals surface area contributed by atoms with Crippen molar-refractivity contribution in [2.45, 2.75) is 51.6 Å². The zero-order valence-corrected chi connectivity index (χ0v) is 12.0. The molecule has 0 spiro atoms. The Bertz CT molecular complexity index is 338. The van der Waals surface area contributed by atoms with Crippen molar-refractivity contribution in [1.82, 2.24) is 15.1 Å². The molecule has 2 rings (SSSR count). The van der Waals surface area contributed by atoms with E-state index in [1.165, 1.54) is 0 Å². The van der Waals surface area contributed by atoms with Gasteiger partial charge in [-0.25, -0.2) is 0 Å². The minimum Gasteiger partial charge on any atom is -0.352 e. The number of rotatable bonds is 3. The second kappa shape index (κ2) is 6.37. The van der Waals surface area contributed by atoms with Crippen molar-refractivity contribution >= 4 is 11.8 Å². The molecule has 0 bridgehead atoms. The van der Waals surface area contributed by atoms with Gasteiger partial charge in [-0.3, -0.25) is 14.5 Å². The maximum atomic E-state index is 11.4. The van der Waals surface area contributed by atoms with Gasteiger partial charge in [-0.05, 0) is 19.3 Å². The third-order valence-electron chi connectivity index (χ3n) is 4.33. The molecule has 2 fully saturated rings. The van der Waals surface area contributed by atoms with Crippen LogP contribution in [0.25, 0.3) is 0 Å². The van der Waals surface area contributed by atoms with Crippen LogP contribution in [0.1, 0.15) is 39.5 Å². The normalized spacial score (nSPS) is 25.6. The van der Waals surface area contributed by atoms with Gasteiger partial charge in [0.15, 0.2) is 0 Å². The molecule has 2 amide bonds. The van der Waals surface area contributed by atoms with Gasteiger partial charge in [0, 0.05) is 51.6 Å². The van der Waals surface area contributed by atoms with E-state index in [1.807, 2.05) is 11.8 Å². The Hall–Kier alpha value is -1.10. The second-order valence-electron chi connectivity index (χ2n) is 5.64. The van der Waals surface area contributed by atoms with Crippen LogP contribution in [0, 0.1) is 0 Å². The van der Waals surface area contributed by atoms with Crippen molar-refractivity contribution in [3.63, 3.8) is 0 Å². The van der Waals surface area contributed by atoms with Gasteiger partial charge in [-0.1, -0.05) is 6.92 Å². The largest absolute Gasteiger partial charge is 0.352 e. The predicted molar refractivity (Wildman–Crippen MR) is 73.7 cm³/mol. The summed E-state index contributed by atoms with van der Waals surface area (Å²) >= 11 is 0. The van der Waals surface area contributed by atoms with Crippen LogP contribution in [0.3, 0.4) is 0 Å². The Balaban J connectivity index is 1.76. The molecule has 0 aliphatic carbocycles. The average Bonchev–Trinajstić information content (AvgIpc) is 2.87. The highest BCUT2D eigenvalue weighted by Crippen LogP contribution is 2.21. The molecule has 19 heavy (non-hydrogen) atoms. The van der Waals surface area contributed by atoms with Crippen LogP contribution >= 0.6 is 0 Å². The third-order valence-corrected chi connectivity index (χ3v) is 4.33. The Labute approximate surface area is 115 Å². The van der Waals surface area contributed by atoms with Gasteiger partial charge >= 0.3 is 0 Å². The summed E-state index contributed by atoms with van der Waals surface area (Å²) in [6, 6.07) is 0.900. The number of likely N-dealkylation sites (tertiary alicyclic amines) is 2. The standard InChI is InChI=1S/C14H25N3O2/c1-3-14(19)15-12-4-7-17(10-12)13-5-8-16(9-6-13)11(2)18/h12-13H,3-10H2,1-2H3,(H,15,19). The molecule has 2 saturated heterocycles. The van der Waals surface area contributed by atoms with Crippen molar-refractivity contribution in [3.8, 4) is 0 Å². The molecule has 0 saturated carbocycles. The molecule has 2 heterocycles. The van der Waals surface area contributed by atoms with Crippen LogP contribution in [0.5, 0.6) is 0 Å². The molecule has 5 heteroatoms. The number of amides is 2. The fourth-order valence-corrected chi connectivity index (χ4v) is 3.11. The molecule has 0 radical (unpaired) electrons. The van der Waals surface area contributed by atoms with E-state index in [0.29, 0.717) is 18.5 Å². The van der Waals surface area contributed by atoms with Crippen molar-refractivity contribution in [1.29, 1.82) is 0 Å². The lowest BCUT2D eigenvalue weighted by Crippen LogP contribution is -2.46. The van der Waals surface area contributed by atoms with Gasteiger partial charge in [-0.15, -0.1) is 0 Å². The van der Waals surface area contributed by atoms with E-state index in [-0.39, 0.29) is 11.8 Å². The minimum absolute atomic E-state index is 0.151. The SMILES string of the molecule is CCC(=O)NC1CCN(C2CCN(C(C)=O)CC2)C1. The van der Waals surface area contributed by atoms with Crippen molar-refractivity contribution < 1.29 is 9.59 Å². The molecular weight excluding hydrogens is 242 g/mol. The summed E-state index contributed by atoms with van der Waals surface area (Å²) in [5, 5.41) is 3.08. The third kappa shape index (κ3) is 3.69. The topological polar surface area (TPSA) is 52.7 Å². The highest BCUT2D eigenvalue weighted by atomic mass is 16.2. The van der Waals surface area contributed by atoms with E-state index in [4.69, 9.17) is 0 Å². The maximum Gasteiger partial charge on any atom is 0.219 e. The van der Waals surface area contributed by atoms with Crippen LogP contribution in [0.15, 0.2) is 0 Å². The number of hydrogen-bond donors (Lipinski definition) is 1. The lowest BCUT2D eigenvalue weighted by atomic mass is 10.0. The minimum atomic E-state index is 0.151. The monoisotopic (exact) mass is 267 g/mol. The molecular formula is C14H25N3O2. The highest BCUT2D eigenvalue weighted by Gasteiger charge is 2.31. The average molecular weight is 267 g/mol. The van der Waals surface area contributed by atoms with Gasteiger partial charge in [0.05, 0.1) is 0 Å². The maximum absolute atomic E-state index is 11.4. The van der Waals surface area contributed by atoms with E-state index >= 15 is 0 Å². The first kappa shape index (κ1) is 14.3. The molecule has 0 aromatic carbocycles. The quantitative estimate of drug-likeness (QED) is 0.814. The number of piperidine rings is 1. The zero-order chi connectivity index (χ0) is 13.8. The van der Waals surface area contributed by atoms with Crippen LogP contribution in [0.4, 0.5) is 0 Å². The lowest BCUT2D eigenvalue weighted by Gasteiger charge is -2.36. The molecule has 2 aliphatic rings. The lowest BCUT2D eigenvalue weighted by molar-refractivity contribution is -0.130. The molecule has 0 aromatic rings. The van der Waals surface area contributed by atoms with Crippen LogP contribution in [-0.2, 0) is 9.59 Å².